The Morgan fingerprint density at radius 3 is 2.58 bits per heavy atom. The molecule has 2 aromatic rings. The summed E-state index contributed by atoms with van der Waals surface area (Å²) in [7, 11) is 0. The number of nitriles is 1. The van der Waals surface area contributed by atoms with Gasteiger partial charge in [0.2, 0.25) is 0 Å². The van der Waals surface area contributed by atoms with E-state index >= 15 is 0 Å². The molecule has 0 fully saturated rings. The SMILES string of the molecule is N#Cc1c(C(F)(F)F)cc(-c2ccccn2)[nH]c1=S. The van der Waals surface area contributed by atoms with Gasteiger partial charge >= 0.3 is 6.18 Å². The number of rotatable bonds is 1. The van der Waals surface area contributed by atoms with Crippen molar-refractivity contribution in [2.75, 3.05) is 0 Å². The van der Waals surface area contributed by atoms with Gasteiger partial charge in [-0.15, -0.1) is 0 Å². The minimum absolute atomic E-state index is 0.122. The Bertz CT molecular complexity index is 699. The first-order valence-corrected chi connectivity index (χ1v) is 5.50. The van der Waals surface area contributed by atoms with Crippen molar-refractivity contribution in [1.82, 2.24) is 9.97 Å². The molecule has 0 radical (unpaired) electrons. The number of halogens is 3. The van der Waals surface area contributed by atoms with Crippen molar-refractivity contribution in [2.24, 2.45) is 0 Å². The molecule has 1 N–H and O–H groups in total. The summed E-state index contributed by atoms with van der Waals surface area (Å²) in [5.74, 6) is 0. The van der Waals surface area contributed by atoms with Crippen LogP contribution in [-0.4, -0.2) is 9.97 Å². The van der Waals surface area contributed by atoms with Crippen molar-refractivity contribution in [2.45, 2.75) is 6.18 Å². The monoisotopic (exact) mass is 281 g/mol. The number of aromatic amines is 1. The van der Waals surface area contributed by atoms with Gasteiger partial charge in [-0.25, -0.2) is 0 Å². The highest BCUT2D eigenvalue weighted by Gasteiger charge is 2.35. The van der Waals surface area contributed by atoms with E-state index in [0.717, 1.165) is 6.07 Å². The highest BCUT2D eigenvalue weighted by molar-refractivity contribution is 7.71. The van der Waals surface area contributed by atoms with Crippen LogP contribution < -0.4 is 0 Å². The quantitative estimate of drug-likeness (QED) is 0.811. The largest absolute Gasteiger partial charge is 0.417 e. The second-order valence-corrected chi connectivity index (χ2v) is 4.03. The van der Waals surface area contributed by atoms with Crippen LogP contribution in [0.1, 0.15) is 11.1 Å². The van der Waals surface area contributed by atoms with Crippen molar-refractivity contribution < 1.29 is 13.2 Å². The Balaban J connectivity index is 2.72. The summed E-state index contributed by atoms with van der Waals surface area (Å²) in [6, 6.07) is 7.15. The molecule has 0 saturated carbocycles. The molecule has 0 aliphatic heterocycles. The van der Waals surface area contributed by atoms with Gasteiger partial charge in [-0.3, -0.25) is 4.98 Å². The second-order valence-electron chi connectivity index (χ2n) is 3.63. The van der Waals surface area contributed by atoms with Crippen LogP contribution in [0.4, 0.5) is 13.2 Å². The summed E-state index contributed by atoms with van der Waals surface area (Å²) in [6.45, 7) is 0. The van der Waals surface area contributed by atoms with E-state index in [4.69, 9.17) is 17.5 Å². The van der Waals surface area contributed by atoms with E-state index in [2.05, 4.69) is 9.97 Å². The first-order valence-electron chi connectivity index (χ1n) is 5.09. The summed E-state index contributed by atoms with van der Waals surface area (Å²) >= 11 is 4.79. The van der Waals surface area contributed by atoms with E-state index in [-0.39, 0.29) is 10.3 Å². The lowest BCUT2D eigenvalue weighted by atomic mass is 10.1. The summed E-state index contributed by atoms with van der Waals surface area (Å²) in [5.41, 5.74) is -1.19. The fourth-order valence-corrected chi connectivity index (χ4v) is 1.82. The average molecular weight is 281 g/mol. The molecule has 2 rings (SSSR count). The first-order chi connectivity index (χ1) is 8.93. The van der Waals surface area contributed by atoms with E-state index in [1.807, 2.05) is 0 Å². The van der Waals surface area contributed by atoms with Crippen LogP contribution in [0.5, 0.6) is 0 Å². The van der Waals surface area contributed by atoms with Crippen LogP contribution in [0, 0.1) is 16.0 Å². The predicted octanol–water partition coefficient (Wildman–Crippen LogP) is 3.70. The standard InChI is InChI=1S/C12H6F3N3S/c13-12(14,15)8-5-10(9-3-1-2-4-17-9)18-11(19)7(8)6-16/h1-5H,(H,18,19). The lowest BCUT2D eigenvalue weighted by Crippen LogP contribution is -2.09. The molecule has 7 heteroatoms. The molecular formula is C12H6F3N3S. The molecule has 0 bridgehead atoms. The third-order valence-corrected chi connectivity index (χ3v) is 2.70. The number of aromatic nitrogens is 2. The Hall–Kier alpha value is -2.20. The molecule has 3 nitrogen and oxygen atoms in total. The summed E-state index contributed by atoms with van der Waals surface area (Å²) < 4.78 is 38.4. The number of nitrogens with one attached hydrogen (secondary N) is 1. The Morgan fingerprint density at radius 1 is 1.32 bits per heavy atom. The van der Waals surface area contributed by atoms with Crippen LogP contribution in [0.3, 0.4) is 0 Å². The van der Waals surface area contributed by atoms with Crippen molar-refractivity contribution in [1.29, 1.82) is 5.26 Å². The molecule has 96 valence electrons. The number of hydrogen-bond acceptors (Lipinski definition) is 3. The highest BCUT2D eigenvalue weighted by atomic mass is 32.1. The maximum absolute atomic E-state index is 12.9. The summed E-state index contributed by atoms with van der Waals surface area (Å²) in [5, 5.41) is 8.77. The van der Waals surface area contributed by atoms with Crippen LogP contribution >= 0.6 is 12.2 Å². The van der Waals surface area contributed by atoms with Crippen molar-refractivity contribution in [3.63, 3.8) is 0 Å². The van der Waals surface area contributed by atoms with Gasteiger partial charge in [0.1, 0.15) is 10.7 Å². The highest BCUT2D eigenvalue weighted by Crippen LogP contribution is 2.33. The second kappa shape index (κ2) is 4.82. The molecule has 2 aromatic heterocycles. The topological polar surface area (TPSA) is 52.5 Å². The molecule has 0 aromatic carbocycles. The lowest BCUT2D eigenvalue weighted by Gasteiger charge is -2.11. The molecule has 0 amide bonds. The van der Waals surface area contributed by atoms with Crippen LogP contribution in [0.25, 0.3) is 11.4 Å². The molecular weight excluding hydrogens is 275 g/mol. The van der Waals surface area contributed by atoms with E-state index in [1.54, 1.807) is 18.2 Å². The van der Waals surface area contributed by atoms with Gasteiger partial charge in [-0.2, -0.15) is 18.4 Å². The molecule has 0 saturated heterocycles. The lowest BCUT2D eigenvalue weighted by molar-refractivity contribution is -0.137. The van der Waals surface area contributed by atoms with E-state index in [1.165, 1.54) is 12.3 Å². The van der Waals surface area contributed by atoms with Gasteiger partial charge in [-0.05, 0) is 18.2 Å². The Kier molecular flexibility index (Phi) is 3.36. The zero-order valence-electron chi connectivity index (χ0n) is 9.32. The smallest absolute Gasteiger partial charge is 0.344 e. The van der Waals surface area contributed by atoms with Crippen LogP contribution in [0.15, 0.2) is 30.5 Å². The fraction of sp³-hybridized carbons (Fsp3) is 0.0833. The van der Waals surface area contributed by atoms with Crippen molar-refractivity contribution >= 4 is 12.2 Å². The van der Waals surface area contributed by atoms with Gasteiger partial charge in [0.05, 0.1) is 22.5 Å². The summed E-state index contributed by atoms with van der Waals surface area (Å²) in [4.78, 5) is 6.53. The summed E-state index contributed by atoms with van der Waals surface area (Å²) in [6.07, 6.45) is -3.19. The molecule has 0 aliphatic carbocycles. The zero-order valence-corrected chi connectivity index (χ0v) is 10.1. The predicted molar refractivity (Wildman–Crippen MR) is 64.6 cm³/mol. The zero-order chi connectivity index (χ0) is 14.0. The van der Waals surface area contributed by atoms with E-state index < -0.39 is 17.3 Å². The van der Waals surface area contributed by atoms with Crippen LogP contribution in [-0.2, 0) is 6.18 Å². The average Bonchev–Trinajstić information content (AvgIpc) is 2.37. The molecule has 0 unspecified atom stereocenters. The van der Waals surface area contributed by atoms with Crippen molar-refractivity contribution in [3.8, 4) is 17.5 Å². The molecule has 19 heavy (non-hydrogen) atoms. The van der Waals surface area contributed by atoms with Gasteiger partial charge in [0.15, 0.2) is 0 Å². The molecule has 2 heterocycles. The van der Waals surface area contributed by atoms with Gasteiger partial charge in [0, 0.05) is 6.20 Å². The van der Waals surface area contributed by atoms with Crippen molar-refractivity contribution in [3.05, 3.63) is 46.2 Å². The number of pyridine rings is 2. The fourth-order valence-electron chi connectivity index (χ4n) is 1.55. The Morgan fingerprint density at radius 2 is 2.05 bits per heavy atom. The van der Waals surface area contributed by atoms with Gasteiger partial charge in [-0.1, -0.05) is 18.3 Å². The number of hydrogen-bond donors (Lipinski definition) is 1. The minimum atomic E-state index is -4.64. The number of nitrogens with zero attached hydrogens (tertiary/aromatic N) is 2. The van der Waals surface area contributed by atoms with Crippen LogP contribution in [0.2, 0.25) is 0 Å². The van der Waals surface area contributed by atoms with Gasteiger partial charge < -0.3 is 4.98 Å². The van der Waals surface area contributed by atoms with E-state index in [9.17, 15) is 13.2 Å². The third-order valence-electron chi connectivity index (χ3n) is 2.39. The van der Waals surface area contributed by atoms with E-state index in [0.29, 0.717) is 5.69 Å². The first kappa shape index (κ1) is 13.2. The molecule has 0 atom stereocenters. The normalized spacial score (nSPS) is 11.1. The number of H-pyrrole nitrogens is 1. The molecule has 0 aliphatic rings. The minimum Gasteiger partial charge on any atom is -0.344 e. The maximum atomic E-state index is 12.9. The van der Waals surface area contributed by atoms with Gasteiger partial charge in [0.25, 0.3) is 0 Å². The third kappa shape index (κ3) is 2.63. The number of alkyl halides is 3. The Labute approximate surface area is 111 Å². The molecule has 0 spiro atoms. The maximum Gasteiger partial charge on any atom is 0.417 e.